The lowest BCUT2D eigenvalue weighted by atomic mass is 9.85. The monoisotopic (exact) mass is 339 g/mol. The molecule has 1 heteroatoms. The molecule has 0 bridgehead atoms. The zero-order valence-corrected chi connectivity index (χ0v) is 16.4. The SMILES string of the molecule is CCC1CN(CCCC2=CCC(C)C=C2)CC1CCC1C=CC=CC1. The molecule has 138 valence electrons. The second-order valence-corrected chi connectivity index (χ2v) is 8.53. The second kappa shape index (κ2) is 9.57. The fourth-order valence-electron chi connectivity index (χ4n) is 4.75. The highest BCUT2D eigenvalue weighted by Gasteiger charge is 2.31. The molecule has 1 aliphatic heterocycles. The third-order valence-electron chi connectivity index (χ3n) is 6.48. The first-order valence-electron chi connectivity index (χ1n) is 10.7. The van der Waals surface area contributed by atoms with Gasteiger partial charge in [0.1, 0.15) is 0 Å². The van der Waals surface area contributed by atoms with Crippen LogP contribution in [-0.2, 0) is 0 Å². The van der Waals surface area contributed by atoms with Gasteiger partial charge in [0.05, 0.1) is 0 Å². The predicted octanol–water partition coefficient (Wildman–Crippen LogP) is 6.16. The summed E-state index contributed by atoms with van der Waals surface area (Å²) in [7, 11) is 0. The normalized spacial score (nSPS) is 32.3. The van der Waals surface area contributed by atoms with Crippen LogP contribution in [0, 0.1) is 23.7 Å². The molecule has 25 heavy (non-hydrogen) atoms. The molecule has 1 saturated heterocycles. The van der Waals surface area contributed by atoms with Crippen molar-refractivity contribution in [2.75, 3.05) is 19.6 Å². The number of rotatable bonds is 8. The van der Waals surface area contributed by atoms with Crippen molar-refractivity contribution in [3.05, 3.63) is 48.1 Å². The van der Waals surface area contributed by atoms with Crippen LogP contribution in [0.2, 0.25) is 0 Å². The summed E-state index contributed by atoms with van der Waals surface area (Å²) >= 11 is 0. The van der Waals surface area contributed by atoms with E-state index < -0.39 is 0 Å². The average molecular weight is 340 g/mol. The van der Waals surface area contributed by atoms with Gasteiger partial charge in [-0.2, -0.15) is 0 Å². The molecular weight excluding hydrogens is 302 g/mol. The van der Waals surface area contributed by atoms with Gasteiger partial charge >= 0.3 is 0 Å². The molecule has 0 saturated carbocycles. The van der Waals surface area contributed by atoms with Crippen molar-refractivity contribution < 1.29 is 0 Å². The standard InChI is InChI=1S/C24H37N/c1-3-23-18-25(17-7-10-22-13-11-20(2)12-14-22)19-24(23)16-15-21-8-5-4-6-9-21/h4-6,8,11,13-14,20-21,23-24H,3,7,9-10,12,15-19H2,1-2H3. The highest BCUT2D eigenvalue weighted by Crippen LogP contribution is 2.32. The van der Waals surface area contributed by atoms with Crippen LogP contribution in [0.3, 0.4) is 0 Å². The summed E-state index contributed by atoms with van der Waals surface area (Å²) < 4.78 is 0. The van der Waals surface area contributed by atoms with E-state index in [-0.39, 0.29) is 0 Å². The third kappa shape index (κ3) is 5.71. The van der Waals surface area contributed by atoms with E-state index in [9.17, 15) is 0 Å². The molecule has 1 heterocycles. The maximum absolute atomic E-state index is 2.76. The molecule has 3 rings (SSSR count). The lowest BCUT2D eigenvalue weighted by molar-refractivity contribution is 0.312. The van der Waals surface area contributed by atoms with Crippen LogP contribution in [-0.4, -0.2) is 24.5 Å². The Balaban J connectivity index is 1.38. The predicted molar refractivity (Wildman–Crippen MR) is 110 cm³/mol. The van der Waals surface area contributed by atoms with E-state index in [0.29, 0.717) is 0 Å². The summed E-state index contributed by atoms with van der Waals surface area (Å²) in [5, 5.41) is 0. The van der Waals surface area contributed by atoms with E-state index in [0.717, 1.165) is 23.7 Å². The molecule has 0 aromatic rings. The zero-order chi connectivity index (χ0) is 17.5. The van der Waals surface area contributed by atoms with E-state index in [2.05, 4.69) is 61.3 Å². The number of allylic oxidation sites excluding steroid dienone is 8. The van der Waals surface area contributed by atoms with Crippen LogP contribution < -0.4 is 0 Å². The fraction of sp³-hybridized carbons (Fsp3) is 0.667. The fourth-order valence-corrected chi connectivity index (χ4v) is 4.75. The highest BCUT2D eigenvalue weighted by atomic mass is 15.1. The van der Waals surface area contributed by atoms with E-state index in [1.807, 2.05) is 0 Å². The third-order valence-corrected chi connectivity index (χ3v) is 6.48. The molecule has 0 spiro atoms. The van der Waals surface area contributed by atoms with Gasteiger partial charge in [-0.1, -0.05) is 68.4 Å². The van der Waals surface area contributed by atoms with Crippen LogP contribution in [0.25, 0.3) is 0 Å². The largest absolute Gasteiger partial charge is 0.303 e. The lowest BCUT2D eigenvalue weighted by Crippen LogP contribution is -2.22. The first-order chi connectivity index (χ1) is 12.2. The van der Waals surface area contributed by atoms with Crippen LogP contribution in [0.1, 0.15) is 58.8 Å². The van der Waals surface area contributed by atoms with Gasteiger partial charge in [0.15, 0.2) is 0 Å². The van der Waals surface area contributed by atoms with Crippen LogP contribution in [0.15, 0.2) is 48.1 Å². The van der Waals surface area contributed by atoms with Gasteiger partial charge in [-0.3, -0.25) is 0 Å². The summed E-state index contributed by atoms with van der Waals surface area (Å²) in [6.07, 6.45) is 25.6. The van der Waals surface area contributed by atoms with Crippen molar-refractivity contribution in [2.45, 2.75) is 58.8 Å². The van der Waals surface area contributed by atoms with Crippen LogP contribution in [0.5, 0.6) is 0 Å². The maximum atomic E-state index is 2.76. The van der Waals surface area contributed by atoms with E-state index in [1.54, 1.807) is 5.57 Å². The van der Waals surface area contributed by atoms with Crippen molar-refractivity contribution in [3.8, 4) is 0 Å². The minimum Gasteiger partial charge on any atom is -0.303 e. The zero-order valence-electron chi connectivity index (χ0n) is 16.4. The Bertz CT molecular complexity index is 524. The first-order valence-corrected chi connectivity index (χ1v) is 10.7. The van der Waals surface area contributed by atoms with Crippen molar-refractivity contribution in [1.29, 1.82) is 0 Å². The van der Waals surface area contributed by atoms with E-state index in [1.165, 1.54) is 64.6 Å². The Kier molecular flexibility index (Phi) is 7.16. The summed E-state index contributed by atoms with van der Waals surface area (Å²) in [6.45, 7) is 8.67. The van der Waals surface area contributed by atoms with E-state index >= 15 is 0 Å². The molecule has 1 nitrogen and oxygen atoms in total. The van der Waals surface area contributed by atoms with Gasteiger partial charge in [-0.15, -0.1) is 0 Å². The van der Waals surface area contributed by atoms with Crippen molar-refractivity contribution in [3.63, 3.8) is 0 Å². The number of hydrogen-bond acceptors (Lipinski definition) is 1. The van der Waals surface area contributed by atoms with E-state index in [4.69, 9.17) is 0 Å². The highest BCUT2D eigenvalue weighted by molar-refractivity contribution is 5.23. The molecule has 0 aromatic carbocycles. The first kappa shape index (κ1) is 18.7. The minimum atomic E-state index is 0.739. The lowest BCUT2D eigenvalue weighted by Gasteiger charge is -2.20. The molecule has 0 amide bonds. The molecule has 0 N–H and O–H groups in total. The summed E-state index contributed by atoms with van der Waals surface area (Å²) in [5.74, 6) is 3.39. The van der Waals surface area contributed by atoms with Crippen LogP contribution in [0.4, 0.5) is 0 Å². The second-order valence-electron chi connectivity index (χ2n) is 8.53. The number of hydrogen-bond donors (Lipinski definition) is 0. The molecule has 2 aliphatic carbocycles. The van der Waals surface area contributed by atoms with Crippen molar-refractivity contribution >= 4 is 0 Å². The average Bonchev–Trinajstić information content (AvgIpc) is 3.05. The molecule has 0 radical (unpaired) electrons. The van der Waals surface area contributed by atoms with Gasteiger partial charge in [0.2, 0.25) is 0 Å². The summed E-state index contributed by atoms with van der Waals surface area (Å²) in [5.41, 5.74) is 1.57. The smallest absolute Gasteiger partial charge is 0.00129 e. The maximum Gasteiger partial charge on any atom is 0.00129 e. The Morgan fingerprint density at radius 1 is 1.04 bits per heavy atom. The molecule has 0 aromatic heterocycles. The Morgan fingerprint density at radius 2 is 1.92 bits per heavy atom. The topological polar surface area (TPSA) is 3.24 Å². The van der Waals surface area contributed by atoms with Gasteiger partial charge in [0.25, 0.3) is 0 Å². The van der Waals surface area contributed by atoms with Crippen LogP contribution >= 0.6 is 0 Å². The van der Waals surface area contributed by atoms with Crippen molar-refractivity contribution in [2.24, 2.45) is 23.7 Å². The molecule has 4 atom stereocenters. The number of likely N-dealkylation sites (tertiary alicyclic amines) is 1. The molecular formula is C24H37N. The van der Waals surface area contributed by atoms with Gasteiger partial charge < -0.3 is 4.90 Å². The molecule has 1 fully saturated rings. The Hall–Kier alpha value is -1.08. The Morgan fingerprint density at radius 3 is 2.64 bits per heavy atom. The number of nitrogens with zero attached hydrogens (tertiary/aromatic N) is 1. The molecule has 3 aliphatic rings. The Labute approximate surface area is 155 Å². The summed E-state index contributed by atoms with van der Waals surface area (Å²) in [4.78, 5) is 2.76. The van der Waals surface area contributed by atoms with Gasteiger partial charge in [-0.25, -0.2) is 0 Å². The van der Waals surface area contributed by atoms with Gasteiger partial charge in [0, 0.05) is 13.1 Å². The molecule has 4 unspecified atom stereocenters. The summed E-state index contributed by atoms with van der Waals surface area (Å²) in [6, 6.07) is 0. The van der Waals surface area contributed by atoms with Crippen molar-refractivity contribution in [1.82, 2.24) is 4.90 Å². The quantitative estimate of drug-likeness (QED) is 0.512. The van der Waals surface area contributed by atoms with Gasteiger partial charge in [-0.05, 0) is 68.7 Å². The minimum absolute atomic E-state index is 0.739.